The molecule has 3 saturated carbocycles. The molecule has 80 heavy (non-hydrogen) atoms. The van der Waals surface area contributed by atoms with Crippen LogP contribution in [0.1, 0.15) is 120 Å². The van der Waals surface area contributed by atoms with E-state index in [1.807, 2.05) is 0 Å². The minimum Gasteiger partial charge on any atom is -0.394 e. The molecule has 24 heteroatoms. The lowest BCUT2D eigenvalue weighted by Crippen LogP contribution is -2.65. The number of rotatable bonds is 21. The summed E-state index contributed by atoms with van der Waals surface area (Å²) in [5, 5.41) is 162. The highest BCUT2D eigenvalue weighted by atomic mass is 16.8. The van der Waals surface area contributed by atoms with Crippen molar-refractivity contribution in [3.05, 3.63) is 11.6 Å². The van der Waals surface area contributed by atoms with Gasteiger partial charge in [-0.3, -0.25) is 0 Å². The predicted molar refractivity (Wildman–Crippen MR) is 279 cm³/mol. The number of aliphatic hydroxyl groups is 15. The Morgan fingerprint density at radius 3 is 1.68 bits per heavy atom. The number of fused-ring (bicyclic) bond motifs is 1. The Balaban J connectivity index is 1.05. The van der Waals surface area contributed by atoms with E-state index in [1.165, 1.54) is 12.7 Å². The average Bonchev–Trinajstić information content (AvgIpc) is 3.93. The van der Waals surface area contributed by atoms with Crippen molar-refractivity contribution >= 4 is 0 Å². The smallest absolute Gasteiger partial charge is 0.187 e. The van der Waals surface area contributed by atoms with Gasteiger partial charge in [0.05, 0.1) is 50.3 Å². The lowest BCUT2D eigenvalue weighted by Gasteiger charge is -2.55. The summed E-state index contributed by atoms with van der Waals surface area (Å²) in [5.41, 5.74) is -1.45. The van der Waals surface area contributed by atoms with E-state index in [0.29, 0.717) is 38.5 Å². The molecule has 24 nitrogen and oxygen atoms in total. The van der Waals surface area contributed by atoms with Gasteiger partial charge in [-0.1, -0.05) is 53.2 Å². The fourth-order valence-corrected chi connectivity index (χ4v) is 14.9. The van der Waals surface area contributed by atoms with Gasteiger partial charge in [-0.05, 0) is 113 Å². The topological polar surface area (TPSA) is 387 Å². The van der Waals surface area contributed by atoms with Crippen molar-refractivity contribution in [1.82, 2.24) is 0 Å². The van der Waals surface area contributed by atoms with Crippen LogP contribution >= 0.6 is 0 Å². The molecule has 29 atom stereocenters. The molecule has 4 aliphatic heterocycles. The molecule has 0 bridgehead atoms. The second kappa shape index (κ2) is 26.8. The molecule has 4 saturated heterocycles. The van der Waals surface area contributed by atoms with Gasteiger partial charge in [0.25, 0.3) is 0 Å². The third-order valence-electron chi connectivity index (χ3n) is 20.1. The fourth-order valence-electron chi connectivity index (χ4n) is 14.9. The van der Waals surface area contributed by atoms with Crippen molar-refractivity contribution in [2.45, 2.75) is 266 Å². The van der Waals surface area contributed by atoms with Gasteiger partial charge >= 0.3 is 0 Å². The quantitative estimate of drug-likeness (QED) is 0.0564. The third kappa shape index (κ3) is 13.2. The number of aliphatic hydroxyl groups excluding tert-OH is 14. The molecule has 7 aliphatic rings. The fraction of sp³-hybridized carbons (Fsp3) is 0.964. The number of methoxy groups -OCH3 is 1. The molecule has 0 spiro atoms. The number of ether oxygens (including phenoxy) is 9. The zero-order valence-electron chi connectivity index (χ0n) is 47.9. The molecule has 7 fully saturated rings. The van der Waals surface area contributed by atoms with E-state index in [4.69, 9.17) is 42.6 Å². The Labute approximate surface area is 469 Å². The van der Waals surface area contributed by atoms with Gasteiger partial charge in [-0.25, -0.2) is 0 Å². The lowest BCUT2D eigenvalue weighted by atomic mass is 9.50. The summed E-state index contributed by atoms with van der Waals surface area (Å²) in [6.07, 6.45) is -24.6. The highest BCUT2D eigenvalue weighted by molar-refractivity contribution is 5.23. The zero-order valence-corrected chi connectivity index (χ0v) is 47.9. The maximum Gasteiger partial charge on any atom is 0.187 e. The van der Waals surface area contributed by atoms with Crippen LogP contribution in [0, 0.1) is 39.9 Å². The van der Waals surface area contributed by atoms with Crippen molar-refractivity contribution in [2.24, 2.45) is 39.9 Å². The summed E-state index contributed by atoms with van der Waals surface area (Å²) in [6.45, 7) is 14.0. The molecule has 0 aromatic heterocycles. The van der Waals surface area contributed by atoms with Crippen LogP contribution in [0.5, 0.6) is 0 Å². The first-order valence-electron chi connectivity index (χ1n) is 29.0. The first kappa shape index (κ1) is 66.3. The van der Waals surface area contributed by atoms with Crippen molar-refractivity contribution in [2.75, 3.05) is 33.5 Å². The first-order valence-corrected chi connectivity index (χ1v) is 29.0. The summed E-state index contributed by atoms with van der Waals surface area (Å²) < 4.78 is 53.5. The molecule has 0 radical (unpaired) electrons. The number of allylic oxidation sites excluding steroid dienone is 1. The average molecular weight is 1160 g/mol. The largest absolute Gasteiger partial charge is 0.394 e. The standard InChI is InChI=1S/C56H98O24/c1-10-26-12-16-35(77-51-46(70)47(40(64)33(23-59)75-51)79-49-44(68)41(65)37(61)31(21-57)73-49)53(3,4)30(26)14-13-27-19-28(60)20-56(8)29(17-18-55(27,56)7)25(2)11-15-36(54(5,6)71)78-52-48(43(67)39(63)34(76-52)24-72-9)80-50-45(69)42(66)38(62)32(22-58)74-50/h14,25-29,31-52,57-71H,10-13,15-24H2,1-9H3/b30-14+/t25-,26?,27?,28+,29?,31-,32+,33-,34-,35+,36-,37-,38+,39-,40-,41+,42-,43+,44-,45+,46-,47+,48-,49+,50-,51+,52+,55+,56-/m1/s1. The van der Waals surface area contributed by atoms with Crippen molar-refractivity contribution < 1.29 is 119 Å². The molecule has 15 N–H and O–H groups in total. The van der Waals surface area contributed by atoms with Crippen molar-refractivity contribution in [1.29, 1.82) is 0 Å². The van der Waals surface area contributed by atoms with Crippen molar-refractivity contribution in [3.8, 4) is 0 Å². The van der Waals surface area contributed by atoms with E-state index in [9.17, 15) is 76.6 Å². The van der Waals surface area contributed by atoms with E-state index in [-0.39, 0.29) is 41.1 Å². The minimum absolute atomic E-state index is 0.0624. The van der Waals surface area contributed by atoms with E-state index in [1.54, 1.807) is 13.8 Å². The molecule has 466 valence electrons. The SMILES string of the molecule is CCC1CC[C@H](O[C@@H]2O[C@H](CO)[C@@H](O)[C@H](O[C@@H]3O[C@H](CO)[C@@H](O)[C@H](O)[C@H]3O)[C@H]2O)C(C)(C)/C1=C/CC1C[C@H](O)C[C@]2(C)C([C@H](C)CC[C@@H](O[C@@H]3O[C@H](COC)[C@@H](O)[C@H](O)[C@H]3O[C@H]3O[C@@H](CO)[C@H](O)[C@@H](O)[C@@H]3O)C(C)(C)O)CC[C@@]12C. The predicted octanol–water partition coefficient (Wildman–Crippen LogP) is -1.80. The van der Waals surface area contributed by atoms with Crippen LogP contribution in [0.2, 0.25) is 0 Å². The Bertz CT molecular complexity index is 1970. The molecule has 0 amide bonds. The van der Waals surface area contributed by atoms with E-state index in [2.05, 4.69) is 47.6 Å². The van der Waals surface area contributed by atoms with E-state index in [0.717, 1.165) is 25.7 Å². The molecule has 0 aromatic carbocycles. The van der Waals surface area contributed by atoms with Gasteiger partial charge in [-0.15, -0.1) is 0 Å². The summed E-state index contributed by atoms with van der Waals surface area (Å²) in [5.74, 6) is 0.497. The normalized spacial score (nSPS) is 48.6. The number of hydrogen-bond donors (Lipinski definition) is 15. The summed E-state index contributed by atoms with van der Waals surface area (Å²) in [7, 11) is 1.39. The maximum absolute atomic E-state index is 11.8. The highest BCUT2D eigenvalue weighted by Gasteiger charge is 2.62. The van der Waals surface area contributed by atoms with E-state index < -0.39 is 172 Å². The Kier molecular flexibility index (Phi) is 22.2. The molecule has 7 rings (SSSR count). The Morgan fingerprint density at radius 1 is 0.613 bits per heavy atom. The van der Waals surface area contributed by atoms with Crippen LogP contribution in [0.3, 0.4) is 0 Å². The van der Waals surface area contributed by atoms with Gasteiger partial charge in [0.2, 0.25) is 0 Å². The molecule has 3 unspecified atom stereocenters. The second-order valence-electron chi connectivity index (χ2n) is 25.8. The summed E-state index contributed by atoms with van der Waals surface area (Å²) >= 11 is 0. The van der Waals surface area contributed by atoms with Crippen LogP contribution in [-0.4, -0.2) is 257 Å². The molecular formula is C56H98O24. The monoisotopic (exact) mass is 1150 g/mol. The maximum atomic E-state index is 11.8. The first-order chi connectivity index (χ1) is 37.5. The van der Waals surface area contributed by atoms with Crippen LogP contribution in [0.15, 0.2) is 11.6 Å². The van der Waals surface area contributed by atoms with Gasteiger partial charge in [0.1, 0.15) is 97.7 Å². The van der Waals surface area contributed by atoms with Gasteiger partial charge in [-0.2, -0.15) is 0 Å². The second-order valence-corrected chi connectivity index (χ2v) is 25.8. The van der Waals surface area contributed by atoms with Crippen LogP contribution in [0.4, 0.5) is 0 Å². The summed E-state index contributed by atoms with van der Waals surface area (Å²) in [4.78, 5) is 0. The van der Waals surface area contributed by atoms with E-state index >= 15 is 0 Å². The van der Waals surface area contributed by atoms with Crippen LogP contribution < -0.4 is 0 Å². The Morgan fingerprint density at radius 2 is 1.14 bits per heavy atom. The molecular weight excluding hydrogens is 1060 g/mol. The Hall–Kier alpha value is -1.22. The molecule has 0 aromatic rings. The van der Waals surface area contributed by atoms with Crippen LogP contribution in [0.25, 0.3) is 0 Å². The number of hydrogen-bond acceptors (Lipinski definition) is 24. The molecule has 4 heterocycles. The molecule has 3 aliphatic carbocycles. The van der Waals surface area contributed by atoms with Crippen molar-refractivity contribution in [3.63, 3.8) is 0 Å². The minimum atomic E-state index is -1.83. The third-order valence-corrected chi connectivity index (χ3v) is 20.1. The van der Waals surface area contributed by atoms with Gasteiger partial charge < -0.3 is 119 Å². The van der Waals surface area contributed by atoms with Gasteiger partial charge in [0, 0.05) is 12.5 Å². The zero-order chi connectivity index (χ0) is 59.1. The lowest BCUT2D eigenvalue weighted by molar-refractivity contribution is -0.376. The summed E-state index contributed by atoms with van der Waals surface area (Å²) in [6, 6.07) is 0. The van der Waals surface area contributed by atoms with Gasteiger partial charge in [0.15, 0.2) is 25.2 Å². The highest BCUT2D eigenvalue weighted by Crippen LogP contribution is 2.68. The van der Waals surface area contributed by atoms with Crippen LogP contribution in [-0.2, 0) is 42.6 Å².